The topological polar surface area (TPSA) is 9.23 Å². The molecule has 0 aliphatic heterocycles. The predicted molar refractivity (Wildman–Crippen MR) is 68.4 cm³/mol. The van der Waals surface area contributed by atoms with Crippen LogP contribution in [0.4, 0.5) is 4.39 Å². The van der Waals surface area contributed by atoms with Crippen molar-refractivity contribution >= 4 is 15.9 Å². The van der Waals surface area contributed by atoms with Gasteiger partial charge in [0.25, 0.3) is 0 Å². The Labute approximate surface area is 105 Å². The van der Waals surface area contributed by atoms with E-state index in [1.54, 1.807) is 6.07 Å². The fraction of sp³-hybridized carbons (Fsp3) is 0.538. The van der Waals surface area contributed by atoms with Crippen LogP contribution in [0.1, 0.15) is 38.4 Å². The molecule has 2 atom stereocenters. The molecule has 1 rings (SSSR count). The second-order valence-corrected chi connectivity index (χ2v) is 4.58. The van der Waals surface area contributed by atoms with Crippen LogP contribution in [-0.2, 0) is 4.74 Å². The third-order valence-electron chi connectivity index (χ3n) is 2.45. The highest BCUT2D eigenvalue weighted by atomic mass is 79.9. The van der Waals surface area contributed by atoms with Crippen molar-refractivity contribution in [2.45, 2.75) is 38.9 Å². The summed E-state index contributed by atoms with van der Waals surface area (Å²) in [5, 5.41) is 0.685. The Hall–Kier alpha value is -0.410. The minimum Gasteiger partial charge on any atom is -0.370 e. The average Bonchev–Trinajstić information content (AvgIpc) is 2.26. The minimum atomic E-state index is -0.213. The lowest BCUT2D eigenvalue weighted by atomic mass is 10.1. The molecule has 0 N–H and O–H groups in total. The number of benzene rings is 1. The lowest BCUT2D eigenvalue weighted by Crippen LogP contribution is -2.14. The Morgan fingerprint density at radius 1 is 1.44 bits per heavy atom. The van der Waals surface area contributed by atoms with Crippen molar-refractivity contribution < 1.29 is 9.13 Å². The molecular formula is C13H18BrFO. The smallest absolute Gasteiger partial charge is 0.123 e. The normalized spacial score (nSPS) is 14.8. The number of hydrogen-bond acceptors (Lipinski definition) is 1. The summed E-state index contributed by atoms with van der Waals surface area (Å²) in [5.41, 5.74) is 0.889. The van der Waals surface area contributed by atoms with Gasteiger partial charge in [-0.05, 0) is 31.0 Å². The third kappa shape index (κ3) is 4.22. The highest BCUT2D eigenvalue weighted by Gasteiger charge is 2.14. The molecule has 90 valence electrons. The van der Waals surface area contributed by atoms with Gasteiger partial charge in [0.2, 0.25) is 0 Å². The van der Waals surface area contributed by atoms with Gasteiger partial charge in [0, 0.05) is 5.33 Å². The van der Waals surface area contributed by atoms with Crippen LogP contribution in [0, 0.1) is 5.82 Å². The van der Waals surface area contributed by atoms with Gasteiger partial charge in [-0.3, -0.25) is 0 Å². The zero-order chi connectivity index (χ0) is 12.0. The van der Waals surface area contributed by atoms with E-state index in [0.717, 1.165) is 18.4 Å². The number of ether oxygens (including phenoxy) is 1. The summed E-state index contributed by atoms with van der Waals surface area (Å²) < 4.78 is 18.9. The first kappa shape index (κ1) is 13.7. The van der Waals surface area contributed by atoms with E-state index in [4.69, 9.17) is 4.74 Å². The molecule has 3 heteroatoms. The number of halogens is 2. The Kier molecular flexibility index (Phi) is 5.99. The summed E-state index contributed by atoms with van der Waals surface area (Å²) in [6.45, 7) is 4.18. The van der Waals surface area contributed by atoms with Crippen LogP contribution in [0.25, 0.3) is 0 Å². The van der Waals surface area contributed by atoms with Crippen molar-refractivity contribution in [2.75, 3.05) is 5.33 Å². The van der Waals surface area contributed by atoms with Crippen molar-refractivity contribution in [1.29, 1.82) is 0 Å². The van der Waals surface area contributed by atoms with Crippen LogP contribution in [-0.4, -0.2) is 11.4 Å². The molecule has 1 aromatic rings. The second kappa shape index (κ2) is 7.02. The SMILES string of the molecule is CCCC(C)OC(CBr)c1cccc(F)c1. The monoisotopic (exact) mass is 288 g/mol. The Bertz CT molecular complexity index is 317. The zero-order valence-electron chi connectivity index (χ0n) is 9.75. The molecule has 0 aliphatic carbocycles. The fourth-order valence-corrected chi connectivity index (χ4v) is 2.19. The first-order chi connectivity index (χ1) is 7.67. The maximum Gasteiger partial charge on any atom is 0.123 e. The molecule has 1 nitrogen and oxygen atoms in total. The summed E-state index contributed by atoms with van der Waals surface area (Å²) in [7, 11) is 0. The van der Waals surface area contributed by atoms with Crippen LogP contribution < -0.4 is 0 Å². The Morgan fingerprint density at radius 2 is 2.19 bits per heavy atom. The number of rotatable bonds is 6. The molecule has 0 fully saturated rings. The molecule has 0 aromatic heterocycles. The van der Waals surface area contributed by atoms with E-state index in [1.165, 1.54) is 12.1 Å². The molecule has 0 saturated carbocycles. The van der Waals surface area contributed by atoms with Crippen LogP contribution in [0.3, 0.4) is 0 Å². The van der Waals surface area contributed by atoms with Gasteiger partial charge in [-0.15, -0.1) is 0 Å². The van der Waals surface area contributed by atoms with Crippen molar-refractivity contribution in [3.05, 3.63) is 35.6 Å². The van der Waals surface area contributed by atoms with Crippen molar-refractivity contribution in [2.24, 2.45) is 0 Å². The van der Waals surface area contributed by atoms with E-state index >= 15 is 0 Å². The van der Waals surface area contributed by atoms with Gasteiger partial charge >= 0.3 is 0 Å². The second-order valence-electron chi connectivity index (χ2n) is 3.93. The molecule has 0 amide bonds. The number of hydrogen-bond donors (Lipinski definition) is 0. The number of alkyl halides is 1. The van der Waals surface area contributed by atoms with Gasteiger partial charge in [-0.2, -0.15) is 0 Å². The van der Waals surface area contributed by atoms with E-state index in [2.05, 4.69) is 29.8 Å². The molecule has 0 saturated heterocycles. The molecule has 0 aliphatic rings. The predicted octanol–water partition coefficient (Wildman–Crippen LogP) is 4.47. The van der Waals surface area contributed by atoms with E-state index in [1.807, 2.05) is 6.07 Å². The summed E-state index contributed by atoms with van der Waals surface area (Å²) in [6.07, 6.45) is 2.26. The van der Waals surface area contributed by atoms with Gasteiger partial charge in [0.1, 0.15) is 5.82 Å². The van der Waals surface area contributed by atoms with Gasteiger partial charge < -0.3 is 4.74 Å². The van der Waals surface area contributed by atoms with E-state index in [0.29, 0.717) is 5.33 Å². The van der Waals surface area contributed by atoms with Crippen LogP contribution in [0.2, 0.25) is 0 Å². The van der Waals surface area contributed by atoms with Gasteiger partial charge in [0.05, 0.1) is 12.2 Å². The van der Waals surface area contributed by atoms with Crippen molar-refractivity contribution in [1.82, 2.24) is 0 Å². The highest BCUT2D eigenvalue weighted by Crippen LogP contribution is 2.23. The Balaban J connectivity index is 2.67. The molecule has 0 radical (unpaired) electrons. The third-order valence-corrected chi connectivity index (χ3v) is 3.04. The highest BCUT2D eigenvalue weighted by molar-refractivity contribution is 9.09. The molecule has 0 heterocycles. The first-order valence-electron chi connectivity index (χ1n) is 5.64. The van der Waals surface area contributed by atoms with Crippen LogP contribution >= 0.6 is 15.9 Å². The zero-order valence-corrected chi connectivity index (χ0v) is 11.3. The summed E-state index contributed by atoms with van der Waals surface area (Å²) in [6, 6.07) is 6.59. The molecule has 0 spiro atoms. The quantitative estimate of drug-likeness (QED) is 0.702. The lowest BCUT2D eigenvalue weighted by molar-refractivity contribution is 0.00575. The summed E-state index contributed by atoms with van der Waals surface area (Å²) in [5.74, 6) is -0.213. The first-order valence-corrected chi connectivity index (χ1v) is 6.76. The van der Waals surface area contributed by atoms with E-state index in [-0.39, 0.29) is 18.0 Å². The maximum absolute atomic E-state index is 13.1. The average molecular weight is 289 g/mol. The summed E-state index contributed by atoms with van der Waals surface area (Å²) in [4.78, 5) is 0. The molecule has 2 unspecified atom stereocenters. The molecular weight excluding hydrogens is 271 g/mol. The van der Waals surface area contributed by atoms with Gasteiger partial charge in [-0.25, -0.2) is 4.39 Å². The van der Waals surface area contributed by atoms with E-state index in [9.17, 15) is 4.39 Å². The van der Waals surface area contributed by atoms with Crippen LogP contribution in [0.15, 0.2) is 24.3 Å². The minimum absolute atomic E-state index is 0.0720. The standard InChI is InChI=1S/C13H18BrFO/c1-3-5-10(2)16-13(9-14)11-6-4-7-12(15)8-11/h4,6-8,10,13H,3,5,9H2,1-2H3. The summed E-state index contributed by atoms with van der Waals surface area (Å²) >= 11 is 3.41. The molecule has 1 aromatic carbocycles. The van der Waals surface area contributed by atoms with Crippen LogP contribution in [0.5, 0.6) is 0 Å². The van der Waals surface area contributed by atoms with Gasteiger partial charge in [0.15, 0.2) is 0 Å². The maximum atomic E-state index is 13.1. The molecule has 0 bridgehead atoms. The lowest BCUT2D eigenvalue weighted by Gasteiger charge is -2.21. The van der Waals surface area contributed by atoms with Crippen molar-refractivity contribution in [3.63, 3.8) is 0 Å². The molecule has 16 heavy (non-hydrogen) atoms. The largest absolute Gasteiger partial charge is 0.370 e. The van der Waals surface area contributed by atoms with E-state index < -0.39 is 0 Å². The van der Waals surface area contributed by atoms with Gasteiger partial charge in [-0.1, -0.05) is 41.4 Å². The fourth-order valence-electron chi connectivity index (χ4n) is 1.67. The van der Waals surface area contributed by atoms with Crippen molar-refractivity contribution in [3.8, 4) is 0 Å². The Morgan fingerprint density at radius 3 is 2.75 bits per heavy atom.